The summed E-state index contributed by atoms with van der Waals surface area (Å²) in [4.78, 5) is 26.3. The fraction of sp³-hybridized carbons (Fsp3) is 0.333. The Bertz CT molecular complexity index is 618. The molecule has 0 radical (unpaired) electrons. The minimum atomic E-state index is -0.661. The average Bonchev–Trinajstić information content (AvgIpc) is 2.81. The van der Waals surface area contributed by atoms with Crippen LogP contribution >= 0.6 is 0 Å². The zero-order chi connectivity index (χ0) is 14.5. The van der Waals surface area contributed by atoms with E-state index < -0.39 is 12.0 Å². The Morgan fingerprint density at radius 2 is 2.10 bits per heavy atom. The molecule has 0 aliphatic rings. The third-order valence-electron chi connectivity index (χ3n) is 3.05. The second-order valence-electron chi connectivity index (χ2n) is 4.57. The van der Waals surface area contributed by atoms with E-state index in [1.165, 1.54) is 6.92 Å². The molecule has 1 aromatic carbocycles. The largest absolute Gasteiger partial charge is 0.464 e. The standard InChI is InChI=1S/C15H18N2O3/c1-3-20-15(19)14(17-10(2)18)8-11-9-16-13-7-5-4-6-12(11)13/h4-7,9,14,16H,3,8H2,1-2H3,(H,17,18)/t14-/m1/s1. The number of ether oxygens (including phenoxy) is 1. The second-order valence-corrected chi connectivity index (χ2v) is 4.57. The average molecular weight is 274 g/mol. The number of carbonyl (C=O) groups is 2. The number of rotatable bonds is 5. The fourth-order valence-electron chi connectivity index (χ4n) is 2.20. The van der Waals surface area contributed by atoms with Gasteiger partial charge in [0.2, 0.25) is 5.91 Å². The van der Waals surface area contributed by atoms with Gasteiger partial charge in [0.05, 0.1) is 6.61 Å². The van der Waals surface area contributed by atoms with Gasteiger partial charge in [-0.1, -0.05) is 18.2 Å². The lowest BCUT2D eigenvalue weighted by Crippen LogP contribution is -2.42. The molecule has 5 heteroatoms. The van der Waals surface area contributed by atoms with Gasteiger partial charge in [0, 0.05) is 30.4 Å². The Morgan fingerprint density at radius 1 is 1.35 bits per heavy atom. The van der Waals surface area contributed by atoms with Crippen LogP contribution in [0.25, 0.3) is 10.9 Å². The molecule has 2 rings (SSSR count). The highest BCUT2D eigenvalue weighted by molar-refractivity contribution is 5.86. The van der Waals surface area contributed by atoms with Crippen LogP contribution in [-0.4, -0.2) is 29.5 Å². The predicted molar refractivity (Wildman–Crippen MR) is 76.2 cm³/mol. The van der Waals surface area contributed by atoms with Crippen molar-refractivity contribution in [1.29, 1.82) is 0 Å². The fourth-order valence-corrected chi connectivity index (χ4v) is 2.20. The smallest absolute Gasteiger partial charge is 0.328 e. The number of H-pyrrole nitrogens is 1. The van der Waals surface area contributed by atoms with Crippen molar-refractivity contribution < 1.29 is 14.3 Å². The highest BCUT2D eigenvalue weighted by Crippen LogP contribution is 2.19. The Hall–Kier alpha value is -2.30. The molecule has 2 aromatic rings. The van der Waals surface area contributed by atoms with Gasteiger partial charge >= 0.3 is 5.97 Å². The molecule has 2 N–H and O–H groups in total. The summed E-state index contributed by atoms with van der Waals surface area (Å²) >= 11 is 0. The van der Waals surface area contributed by atoms with E-state index in [4.69, 9.17) is 4.74 Å². The minimum absolute atomic E-state index is 0.247. The van der Waals surface area contributed by atoms with Crippen molar-refractivity contribution >= 4 is 22.8 Å². The number of nitrogens with one attached hydrogen (secondary N) is 2. The molecule has 0 aliphatic carbocycles. The molecule has 1 amide bonds. The lowest BCUT2D eigenvalue weighted by Gasteiger charge is -2.15. The molecule has 20 heavy (non-hydrogen) atoms. The number of fused-ring (bicyclic) bond motifs is 1. The van der Waals surface area contributed by atoms with Gasteiger partial charge in [-0.2, -0.15) is 0 Å². The van der Waals surface area contributed by atoms with E-state index in [1.807, 2.05) is 30.5 Å². The zero-order valence-corrected chi connectivity index (χ0v) is 11.6. The minimum Gasteiger partial charge on any atom is -0.464 e. The summed E-state index contributed by atoms with van der Waals surface area (Å²) in [5, 5.41) is 3.69. The van der Waals surface area contributed by atoms with E-state index in [2.05, 4.69) is 10.3 Å². The topological polar surface area (TPSA) is 71.2 Å². The van der Waals surface area contributed by atoms with Crippen molar-refractivity contribution in [2.45, 2.75) is 26.3 Å². The number of esters is 1. The van der Waals surface area contributed by atoms with E-state index in [0.29, 0.717) is 13.0 Å². The van der Waals surface area contributed by atoms with Crippen LogP contribution in [0.4, 0.5) is 0 Å². The number of hydrogen-bond acceptors (Lipinski definition) is 3. The van der Waals surface area contributed by atoms with Crippen LogP contribution in [-0.2, 0) is 20.7 Å². The Morgan fingerprint density at radius 3 is 2.80 bits per heavy atom. The van der Waals surface area contributed by atoms with Crippen molar-refractivity contribution in [3.63, 3.8) is 0 Å². The first-order valence-corrected chi connectivity index (χ1v) is 6.60. The number of aromatic nitrogens is 1. The van der Waals surface area contributed by atoms with E-state index in [0.717, 1.165) is 16.5 Å². The third-order valence-corrected chi connectivity index (χ3v) is 3.05. The maximum Gasteiger partial charge on any atom is 0.328 e. The van der Waals surface area contributed by atoms with Crippen LogP contribution in [0.5, 0.6) is 0 Å². The number of aromatic amines is 1. The van der Waals surface area contributed by atoms with E-state index in [1.54, 1.807) is 6.92 Å². The van der Waals surface area contributed by atoms with Gasteiger partial charge in [-0.3, -0.25) is 4.79 Å². The normalized spacial score (nSPS) is 12.1. The van der Waals surface area contributed by atoms with Crippen molar-refractivity contribution in [3.05, 3.63) is 36.0 Å². The summed E-state index contributed by atoms with van der Waals surface area (Å²) in [7, 11) is 0. The van der Waals surface area contributed by atoms with Crippen molar-refractivity contribution in [2.75, 3.05) is 6.61 Å². The highest BCUT2D eigenvalue weighted by Gasteiger charge is 2.22. The number of benzene rings is 1. The van der Waals surface area contributed by atoms with Crippen LogP contribution in [0.15, 0.2) is 30.5 Å². The Kier molecular flexibility index (Phi) is 4.40. The van der Waals surface area contributed by atoms with Crippen molar-refractivity contribution in [1.82, 2.24) is 10.3 Å². The molecule has 1 heterocycles. The van der Waals surface area contributed by atoms with Crippen LogP contribution in [0, 0.1) is 0 Å². The van der Waals surface area contributed by atoms with E-state index in [9.17, 15) is 9.59 Å². The first-order chi connectivity index (χ1) is 9.61. The molecule has 1 atom stereocenters. The molecule has 0 fully saturated rings. The Labute approximate surface area is 117 Å². The van der Waals surface area contributed by atoms with Gasteiger partial charge < -0.3 is 15.0 Å². The predicted octanol–water partition coefficient (Wildman–Crippen LogP) is 1.78. The number of para-hydroxylation sites is 1. The van der Waals surface area contributed by atoms with Crippen LogP contribution in [0.2, 0.25) is 0 Å². The maximum atomic E-state index is 11.9. The first kappa shape index (κ1) is 14.1. The molecular formula is C15H18N2O3. The highest BCUT2D eigenvalue weighted by atomic mass is 16.5. The van der Waals surface area contributed by atoms with Crippen LogP contribution in [0.3, 0.4) is 0 Å². The Balaban J connectivity index is 2.22. The molecular weight excluding hydrogens is 256 g/mol. The SMILES string of the molecule is CCOC(=O)[C@@H](Cc1c[nH]c2ccccc12)NC(C)=O. The van der Waals surface area contributed by atoms with Gasteiger partial charge in [-0.05, 0) is 18.6 Å². The van der Waals surface area contributed by atoms with Gasteiger partial charge in [0.1, 0.15) is 6.04 Å². The van der Waals surface area contributed by atoms with Crippen LogP contribution < -0.4 is 5.32 Å². The van der Waals surface area contributed by atoms with E-state index in [-0.39, 0.29) is 5.91 Å². The van der Waals surface area contributed by atoms with Gasteiger partial charge in [-0.15, -0.1) is 0 Å². The molecule has 0 saturated heterocycles. The van der Waals surface area contributed by atoms with Gasteiger partial charge in [-0.25, -0.2) is 4.79 Å². The number of hydrogen-bond donors (Lipinski definition) is 2. The van der Waals surface area contributed by atoms with Crippen molar-refractivity contribution in [2.24, 2.45) is 0 Å². The summed E-state index contributed by atoms with van der Waals surface area (Å²) in [5.41, 5.74) is 1.99. The number of carbonyl (C=O) groups excluding carboxylic acids is 2. The summed E-state index contributed by atoms with van der Waals surface area (Å²) in [6.45, 7) is 3.43. The maximum absolute atomic E-state index is 11.9. The molecule has 0 unspecified atom stereocenters. The number of amides is 1. The molecule has 1 aromatic heterocycles. The summed E-state index contributed by atoms with van der Waals surface area (Å²) in [5.74, 6) is -0.657. The van der Waals surface area contributed by atoms with E-state index >= 15 is 0 Å². The molecule has 106 valence electrons. The molecule has 0 bridgehead atoms. The quantitative estimate of drug-likeness (QED) is 0.816. The molecule has 0 spiro atoms. The summed E-state index contributed by atoms with van der Waals surface area (Å²) < 4.78 is 5.00. The van der Waals surface area contributed by atoms with Gasteiger partial charge in [0.15, 0.2) is 0 Å². The van der Waals surface area contributed by atoms with Crippen molar-refractivity contribution in [3.8, 4) is 0 Å². The molecule has 0 aliphatic heterocycles. The summed E-state index contributed by atoms with van der Waals surface area (Å²) in [6, 6.07) is 7.18. The third kappa shape index (κ3) is 3.17. The summed E-state index contributed by atoms with van der Waals surface area (Å²) in [6.07, 6.45) is 2.27. The first-order valence-electron chi connectivity index (χ1n) is 6.60. The molecule has 5 nitrogen and oxygen atoms in total. The lowest BCUT2D eigenvalue weighted by atomic mass is 10.0. The lowest BCUT2D eigenvalue weighted by molar-refractivity contribution is -0.147. The molecule has 0 saturated carbocycles. The zero-order valence-electron chi connectivity index (χ0n) is 11.6. The second kappa shape index (κ2) is 6.23. The van der Waals surface area contributed by atoms with Gasteiger partial charge in [0.25, 0.3) is 0 Å². The van der Waals surface area contributed by atoms with Crippen LogP contribution in [0.1, 0.15) is 19.4 Å². The monoisotopic (exact) mass is 274 g/mol.